The number of phosphoric ester groups is 1. The Hall–Kier alpha value is -2.10. The SMILES string of the molecule is CC/C=C\C/C=C\C/C=C\CCCCCC(=O)OC(COCCCCCCCCC/C=C\C/C=C\C/C=C\CCCCCCC)COP(=O)(O)OCC(O)CO. The maximum absolute atomic E-state index is 12.6. The van der Waals surface area contributed by atoms with Gasteiger partial charge >= 0.3 is 13.8 Å². The molecule has 0 spiro atoms. The largest absolute Gasteiger partial charge is 0.472 e. The maximum Gasteiger partial charge on any atom is 0.472 e. The first-order valence-electron chi connectivity index (χ1n) is 21.9. The molecule has 56 heavy (non-hydrogen) atoms. The second-order valence-corrected chi connectivity index (χ2v) is 15.8. The highest BCUT2D eigenvalue weighted by atomic mass is 31.2. The molecule has 0 fully saturated rings. The standard InChI is InChI=1S/C46H81O9P/c1-3-5-7-9-11-13-15-17-18-19-20-21-22-23-24-25-27-29-31-33-35-37-39-52-42-45(43-54-56(50,51)53-41-44(48)40-47)55-46(49)38-36-34-32-30-28-26-16-14-12-10-8-6-4-2/h6,8,12,14-15,17,19-20,22-23,26,28,44-45,47-48H,3-5,7,9-11,13,16,18,21,24-25,27,29-43H2,1-2H3,(H,50,51)/b8-6-,14-12-,17-15-,20-19-,23-22-,28-26-. The van der Waals surface area contributed by atoms with Crippen LogP contribution in [0.5, 0.6) is 0 Å². The fourth-order valence-electron chi connectivity index (χ4n) is 5.55. The zero-order chi connectivity index (χ0) is 41.1. The lowest BCUT2D eigenvalue weighted by Crippen LogP contribution is -2.29. The van der Waals surface area contributed by atoms with Crippen LogP contribution in [0, 0.1) is 0 Å². The molecule has 0 aliphatic heterocycles. The summed E-state index contributed by atoms with van der Waals surface area (Å²) in [7, 11) is -4.53. The molecule has 0 bridgehead atoms. The molecule has 3 atom stereocenters. The number of hydrogen-bond acceptors (Lipinski definition) is 8. The van der Waals surface area contributed by atoms with Crippen LogP contribution in [0.3, 0.4) is 0 Å². The molecule has 10 heteroatoms. The Bertz CT molecular complexity index is 1100. The summed E-state index contributed by atoms with van der Waals surface area (Å²) >= 11 is 0. The van der Waals surface area contributed by atoms with E-state index in [-0.39, 0.29) is 13.0 Å². The summed E-state index contributed by atoms with van der Waals surface area (Å²) in [5.41, 5.74) is 0. The van der Waals surface area contributed by atoms with Crippen molar-refractivity contribution >= 4 is 13.8 Å². The first-order chi connectivity index (χ1) is 27.3. The average Bonchev–Trinajstić information content (AvgIpc) is 3.19. The van der Waals surface area contributed by atoms with Crippen molar-refractivity contribution in [3.05, 3.63) is 72.9 Å². The molecule has 0 rings (SSSR count). The smallest absolute Gasteiger partial charge is 0.457 e. The molecule has 0 heterocycles. The number of carbonyl (C=O) groups is 1. The van der Waals surface area contributed by atoms with Gasteiger partial charge < -0.3 is 24.6 Å². The predicted molar refractivity (Wildman–Crippen MR) is 233 cm³/mol. The van der Waals surface area contributed by atoms with Gasteiger partial charge in [-0.2, -0.15) is 0 Å². The van der Waals surface area contributed by atoms with E-state index in [0.717, 1.165) is 77.0 Å². The minimum absolute atomic E-state index is 0.0265. The molecule has 0 saturated carbocycles. The quantitative estimate of drug-likeness (QED) is 0.0239. The maximum atomic E-state index is 12.6. The van der Waals surface area contributed by atoms with E-state index >= 15 is 0 Å². The van der Waals surface area contributed by atoms with Crippen molar-refractivity contribution in [2.45, 2.75) is 180 Å². The van der Waals surface area contributed by atoms with Crippen LogP contribution in [0.25, 0.3) is 0 Å². The van der Waals surface area contributed by atoms with E-state index in [1.54, 1.807) is 0 Å². The van der Waals surface area contributed by atoms with E-state index in [9.17, 15) is 19.4 Å². The van der Waals surface area contributed by atoms with Gasteiger partial charge in [0, 0.05) is 13.0 Å². The number of rotatable bonds is 41. The normalized spacial score (nSPS) is 14.7. The fraction of sp³-hybridized carbons (Fsp3) is 0.717. The zero-order valence-electron chi connectivity index (χ0n) is 35.3. The lowest BCUT2D eigenvalue weighted by molar-refractivity contribution is -0.154. The number of esters is 1. The van der Waals surface area contributed by atoms with Crippen LogP contribution in [-0.2, 0) is 27.9 Å². The summed E-state index contributed by atoms with van der Waals surface area (Å²) in [5.74, 6) is -0.418. The molecule has 324 valence electrons. The molecule has 0 aliphatic carbocycles. The van der Waals surface area contributed by atoms with Gasteiger partial charge in [0.2, 0.25) is 0 Å². The Balaban J connectivity index is 4.19. The number of ether oxygens (including phenoxy) is 2. The van der Waals surface area contributed by atoms with E-state index in [0.29, 0.717) is 13.0 Å². The number of allylic oxidation sites excluding steroid dienone is 12. The van der Waals surface area contributed by atoms with Crippen LogP contribution in [0.15, 0.2) is 72.9 Å². The topological polar surface area (TPSA) is 132 Å². The lowest BCUT2D eigenvalue weighted by Gasteiger charge is -2.20. The molecule has 0 aromatic heterocycles. The van der Waals surface area contributed by atoms with Gasteiger partial charge in [-0.3, -0.25) is 13.8 Å². The third-order valence-corrected chi connectivity index (χ3v) is 9.83. The second kappa shape index (κ2) is 42.5. The minimum atomic E-state index is -4.53. The van der Waals surface area contributed by atoms with Crippen molar-refractivity contribution in [2.75, 3.05) is 33.0 Å². The highest BCUT2D eigenvalue weighted by Gasteiger charge is 2.26. The van der Waals surface area contributed by atoms with Crippen molar-refractivity contribution in [1.29, 1.82) is 0 Å². The third kappa shape index (κ3) is 41.5. The summed E-state index contributed by atoms with van der Waals surface area (Å²) in [4.78, 5) is 22.5. The molecule has 0 saturated heterocycles. The van der Waals surface area contributed by atoms with Gasteiger partial charge in [-0.05, 0) is 83.5 Å². The Kier molecular flexibility index (Phi) is 40.9. The molecular formula is C46H81O9P. The van der Waals surface area contributed by atoms with Gasteiger partial charge in [-0.1, -0.05) is 151 Å². The Morgan fingerprint density at radius 3 is 1.54 bits per heavy atom. The first kappa shape index (κ1) is 53.9. The number of carbonyl (C=O) groups excluding carboxylic acids is 1. The van der Waals surface area contributed by atoms with Crippen LogP contribution in [0.2, 0.25) is 0 Å². The molecule has 0 aromatic carbocycles. The van der Waals surface area contributed by atoms with Crippen molar-refractivity contribution in [1.82, 2.24) is 0 Å². The zero-order valence-corrected chi connectivity index (χ0v) is 36.2. The average molecular weight is 809 g/mol. The molecule has 3 unspecified atom stereocenters. The molecule has 0 radical (unpaired) electrons. The number of hydrogen-bond donors (Lipinski definition) is 3. The van der Waals surface area contributed by atoms with Crippen LogP contribution >= 0.6 is 7.82 Å². The Morgan fingerprint density at radius 1 is 0.571 bits per heavy atom. The second-order valence-electron chi connectivity index (χ2n) is 14.3. The number of phosphoric acid groups is 1. The summed E-state index contributed by atoms with van der Waals surface area (Å²) in [6.07, 6.45) is 50.1. The third-order valence-electron chi connectivity index (χ3n) is 8.88. The van der Waals surface area contributed by atoms with Gasteiger partial charge in [-0.25, -0.2) is 4.57 Å². The van der Waals surface area contributed by atoms with E-state index in [2.05, 4.69) is 86.8 Å². The number of aliphatic hydroxyl groups excluding tert-OH is 2. The van der Waals surface area contributed by atoms with Crippen LogP contribution < -0.4 is 0 Å². The van der Waals surface area contributed by atoms with Crippen LogP contribution in [-0.4, -0.2) is 66.3 Å². The minimum Gasteiger partial charge on any atom is -0.457 e. The van der Waals surface area contributed by atoms with Crippen molar-refractivity contribution < 1.29 is 43.0 Å². The van der Waals surface area contributed by atoms with Crippen molar-refractivity contribution in [3.8, 4) is 0 Å². The van der Waals surface area contributed by atoms with E-state index < -0.39 is 45.8 Å². The molecule has 0 aliphatic rings. The lowest BCUT2D eigenvalue weighted by atomic mass is 10.1. The van der Waals surface area contributed by atoms with Gasteiger partial charge in [0.05, 0.1) is 26.4 Å². The van der Waals surface area contributed by atoms with Crippen LogP contribution in [0.4, 0.5) is 0 Å². The van der Waals surface area contributed by atoms with Gasteiger partial charge in [0.25, 0.3) is 0 Å². The monoisotopic (exact) mass is 809 g/mol. The van der Waals surface area contributed by atoms with Crippen molar-refractivity contribution in [2.24, 2.45) is 0 Å². The summed E-state index contributed by atoms with van der Waals surface area (Å²) in [6.45, 7) is 3.31. The highest BCUT2D eigenvalue weighted by Crippen LogP contribution is 2.43. The molecule has 0 aromatic rings. The predicted octanol–water partition coefficient (Wildman–Crippen LogP) is 12.1. The summed E-state index contributed by atoms with van der Waals surface area (Å²) in [5, 5.41) is 18.3. The summed E-state index contributed by atoms with van der Waals surface area (Å²) in [6, 6.07) is 0. The molecule has 9 nitrogen and oxygen atoms in total. The van der Waals surface area contributed by atoms with Gasteiger partial charge in [-0.15, -0.1) is 0 Å². The number of unbranched alkanes of at least 4 members (excludes halogenated alkanes) is 15. The molecule has 3 N–H and O–H groups in total. The molecule has 0 amide bonds. The summed E-state index contributed by atoms with van der Waals surface area (Å²) < 4.78 is 33.3. The first-order valence-corrected chi connectivity index (χ1v) is 23.4. The van der Waals surface area contributed by atoms with Gasteiger partial charge in [0.1, 0.15) is 12.2 Å². The van der Waals surface area contributed by atoms with Crippen molar-refractivity contribution in [3.63, 3.8) is 0 Å². The van der Waals surface area contributed by atoms with E-state index in [1.165, 1.54) is 64.2 Å². The van der Waals surface area contributed by atoms with Crippen LogP contribution in [0.1, 0.15) is 168 Å². The fourth-order valence-corrected chi connectivity index (χ4v) is 6.34. The molecular weight excluding hydrogens is 727 g/mol. The van der Waals surface area contributed by atoms with E-state index in [4.69, 9.17) is 23.6 Å². The van der Waals surface area contributed by atoms with E-state index in [1.807, 2.05) is 0 Å². The van der Waals surface area contributed by atoms with Gasteiger partial charge in [0.15, 0.2) is 0 Å². The Labute approximate surface area is 342 Å². The number of aliphatic hydroxyl groups is 2. The highest BCUT2D eigenvalue weighted by molar-refractivity contribution is 7.47. The Morgan fingerprint density at radius 2 is 1.02 bits per heavy atom.